The molecule has 0 aromatic carbocycles. The smallest absolute Gasteiger partial charge is 0.352 e. The second kappa shape index (κ2) is 5.29. The number of anilines is 1. The lowest BCUT2D eigenvalue weighted by Crippen LogP contribution is -2.32. The van der Waals surface area contributed by atoms with Gasteiger partial charge < -0.3 is 15.5 Å². The molecule has 6 nitrogen and oxygen atoms in total. The Balaban J connectivity index is 1.87. The second-order valence-corrected chi connectivity index (χ2v) is 3.91. The van der Waals surface area contributed by atoms with Crippen molar-refractivity contribution in [1.29, 1.82) is 0 Å². The maximum atomic E-state index is 12.4. The number of hydrogen-bond acceptors (Lipinski definition) is 4. The molecule has 0 saturated carbocycles. The number of halogens is 3. The molecule has 2 heterocycles. The number of hydrogen-bond donors (Lipinski definition) is 2. The highest BCUT2D eigenvalue weighted by Gasteiger charge is 2.32. The normalized spacial score (nSPS) is 15.5. The molecule has 2 rings (SSSR count). The number of amides is 2. The van der Waals surface area contributed by atoms with Gasteiger partial charge >= 0.3 is 12.2 Å². The van der Waals surface area contributed by atoms with Gasteiger partial charge in [-0.3, -0.25) is 0 Å². The molecular weight excluding hydrogens is 263 g/mol. The first-order chi connectivity index (χ1) is 8.97. The van der Waals surface area contributed by atoms with Gasteiger partial charge in [0, 0.05) is 32.4 Å². The van der Waals surface area contributed by atoms with Crippen molar-refractivity contribution in [2.75, 3.05) is 31.5 Å². The van der Waals surface area contributed by atoms with Gasteiger partial charge in [0.2, 0.25) is 5.95 Å². The molecule has 0 atom stereocenters. The van der Waals surface area contributed by atoms with E-state index < -0.39 is 11.9 Å². The molecule has 2 N–H and O–H groups in total. The van der Waals surface area contributed by atoms with Crippen LogP contribution in [0.4, 0.5) is 23.9 Å². The summed E-state index contributed by atoms with van der Waals surface area (Å²) in [7, 11) is 0. The predicted molar refractivity (Wildman–Crippen MR) is 60.5 cm³/mol. The van der Waals surface area contributed by atoms with Gasteiger partial charge in [0.15, 0.2) is 0 Å². The average molecular weight is 275 g/mol. The van der Waals surface area contributed by atoms with Crippen LogP contribution < -0.4 is 10.6 Å². The summed E-state index contributed by atoms with van der Waals surface area (Å²) in [5.41, 5.74) is -0.996. The van der Waals surface area contributed by atoms with Crippen molar-refractivity contribution in [2.24, 2.45) is 0 Å². The minimum Gasteiger partial charge on any atom is -0.352 e. The number of carbonyl (C=O) groups excluding carboxylic acids is 1. The van der Waals surface area contributed by atoms with E-state index in [1.54, 1.807) is 4.90 Å². The maximum Gasteiger partial charge on any atom is 0.433 e. The zero-order valence-electron chi connectivity index (χ0n) is 9.87. The van der Waals surface area contributed by atoms with Gasteiger partial charge in [-0.25, -0.2) is 14.8 Å². The van der Waals surface area contributed by atoms with Crippen molar-refractivity contribution < 1.29 is 18.0 Å². The fraction of sp³-hybridized carbons (Fsp3) is 0.500. The van der Waals surface area contributed by atoms with Crippen LogP contribution in [0.2, 0.25) is 0 Å². The van der Waals surface area contributed by atoms with Crippen molar-refractivity contribution in [3.63, 3.8) is 0 Å². The zero-order chi connectivity index (χ0) is 13.9. The van der Waals surface area contributed by atoms with Gasteiger partial charge in [0.1, 0.15) is 5.69 Å². The molecule has 2 amide bonds. The van der Waals surface area contributed by atoms with E-state index in [9.17, 15) is 18.0 Å². The molecule has 0 spiro atoms. The van der Waals surface area contributed by atoms with Crippen LogP contribution in [0.3, 0.4) is 0 Å². The molecular formula is C10H12F3N5O. The molecule has 9 heteroatoms. The molecule has 0 aliphatic carbocycles. The van der Waals surface area contributed by atoms with Crippen molar-refractivity contribution >= 4 is 12.0 Å². The fourth-order valence-corrected chi connectivity index (χ4v) is 1.63. The number of alkyl halides is 3. The Morgan fingerprint density at radius 1 is 1.47 bits per heavy atom. The van der Waals surface area contributed by atoms with Gasteiger partial charge in [-0.05, 0) is 6.07 Å². The van der Waals surface area contributed by atoms with Crippen molar-refractivity contribution in [3.05, 3.63) is 18.0 Å². The molecule has 104 valence electrons. The molecule has 1 aromatic heterocycles. The maximum absolute atomic E-state index is 12.4. The summed E-state index contributed by atoms with van der Waals surface area (Å²) in [5.74, 6) is -0.102. The van der Waals surface area contributed by atoms with E-state index in [1.165, 1.54) is 0 Å². The van der Waals surface area contributed by atoms with Crippen LogP contribution in [-0.4, -0.2) is 47.1 Å². The van der Waals surface area contributed by atoms with E-state index in [1.807, 2.05) is 0 Å². The van der Waals surface area contributed by atoms with Crippen LogP contribution in [0.5, 0.6) is 0 Å². The molecule has 0 unspecified atom stereocenters. The lowest BCUT2D eigenvalue weighted by Gasteiger charge is -2.14. The van der Waals surface area contributed by atoms with E-state index in [0.717, 1.165) is 12.3 Å². The lowest BCUT2D eigenvalue weighted by atomic mass is 10.4. The Kier molecular flexibility index (Phi) is 3.72. The zero-order valence-corrected chi connectivity index (χ0v) is 9.87. The number of rotatable bonds is 4. The van der Waals surface area contributed by atoms with E-state index >= 15 is 0 Å². The van der Waals surface area contributed by atoms with Gasteiger partial charge in [-0.15, -0.1) is 0 Å². The summed E-state index contributed by atoms with van der Waals surface area (Å²) < 4.78 is 37.2. The number of carbonyl (C=O) groups is 1. The minimum absolute atomic E-state index is 0.102. The van der Waals surface area contributed by atoms with Crippen molar-refractivity contribution in [3.8, 4) is 0 Å². The molecule has 1 aliphatic heterocycles. The van der Waals surface area contributed by atoms with Gasteiger partial charge in [0.05, 0.1) is 0 Å². The van der Waals surface area contributed by atoms with Crippen LogP contribution in [0.1, 0.15) is 5.69 Å². The molecule has 1 aromatic rings. The SMILES string of the molecule is O=C1NCCN1CCNc1nccc(C(F)(F)F)n1. The van der Waals surface area contributed by atoms with Crippen LogP contribution >= 0.6 is 0 Å². The highest BCUT2D eigenvalue weighted by Crippen LogP contribution is 2.27. The van der Waals surface area contributed by atoms with Crippen LogP contribution in [0, 0.1) is 0 Å². The van der Waals surface area contributed by atoms with Crippen LogP contribution in [-0.2, 0) is 6.18 Å². The Bertz CT molecular complexity index is 465. The molecule has 1 fully saturated rings. The third-order valence-corrected chi connectivity index (χ3v) is 2.56. The Labute approximate surface area is 107 Å². The largest absolute Gasteiger partial charge is 0.433 e. The van der Waals surface area contributed by atoms with Gasteiger partial charge in [-0.1, -0.05) is 0 Å². The second-order valence-electron chi connectivity index (χ2n) is 3.91. The summed E-state index contributed by atoms with van der Waals surface area (Å²) in [6, 6.07) is 0.630. The van der Waals surface area contributed by atoms with E-state index in [4.69, 9.17) is 0 Å². The number of aromatic nitrogens is 2. The number of nitrogens with one attached hydrogen (secondary N) is 2. The average Bonchev–Trinajstić information content (AvgIpc) is 2.75. The summed E-state index contributed by atoms with van der Waals surface area (Å²) >= 11 is 0. The summed E-state index contributed by atoms with van der Waals surface area (Å²) in [5, 5.41) is 5.29. The highest BCUT2D eigenvalue weighted by molar-refractivity contribution is 5.76. The lowest BCUT2D eigenvalue weighted by molar-refractivity contribution is -0.141. The first-order valence-corrected chi connectivity index (χ1v) is 5.64. The summed E-state index contributed by atoms with van der Waals surface area (Å²) in [6.45, 7) is 1.84. The predicted octanol–water partition coefficient (Wildman–Crippen LogP) is 0.932. The van der Waals surface area contributed by atoms with Gasteiger partial charge in [-0.2, -0.15) is 13.2 Å². The standard InChI is InChI=1S/C10H12F3N5O/c11-10(12,13)7-1-2-14-8(17-7)15-3-5-18-6-4-16-9(18)19/h1-2H,3-6H2,(H,16,19)(H,14,15,17). The summed E-state index contributed by atoms with van der Waals surface area (Å²) in [6.07, 6.45) is -3.45. The number of nitrogens with zero attached hydrogens (tertiary/aromatic N) is 3. The number of urea groups is 1. The Morgan fingerprint density at radius 3 is 2.89 bits per heavy atom. The van der Waals surface area contributed by atoms with E-state index in [-0.39, 0.29) is 18.5 Å². The van der Waals surface area contributed by atoms with Crippen LogP contribution in [0.25, 0.3) is 0 Å². The Morgan fingerprint density at radius 2 is 2.26 bits per heavy atom. The van der Waals surface area contributed by atoms with Gasteiger partial charge in [0.25, 0.3) is 0 Å². The topological polar surface area (TPSA) is 70.2 Å². The first-order valence-electron chi connectivity index (χ1n) is 5.64. The third kappa shape index (κ3) is 3.46. The summed E-state index contributed by atoms with van der Waals surface area (Å²) in [4.78, 5) is 19.8. The van der Waals surface area contributed by atoms with E-state index in [0.29, 0.717) is 19.6 Å². The molecule has 0 radical (unpaired) electrons. The third-order valence-electron chi connectivity index (χ3n) is 2.56. The molecule has 1 aliphatic rings. The van der Waals surface area contributed by atoms with E-state index in [2.05, 4.69) is 20.6 Å². The molecule has 19 heavy (non-hydrogen) atoms. The van der Waals surface area contributed by atoms with Crippen LogP contribution in [0.15, 0.2) is 12.3 Å². The van der Waals surface area contributed by atoms with Crippen molar-refractivity contribution in [2.45, 2.75) is 6.18 Å². The monoisotopic (exact) mass is 275 g/mol. The quantitative estimate of drug-likeness (QED) is 0.857. The first kappa shape index (κ1) is 13.4. The fourth-order valence-electron chi connectivity index (χ4n) is 1.63. The Hall–Kier alpha value is -2.06. The minimum atomic E-state index is -4.49. The van der Waals surface area contributed by atoms with Crippen molar-refractivity contribution in [1.82, 2.24) is 20.2 Å². The molecule has 0 bridgehead atoms. The molecule has 1 saturated heterocycles. The highest BCUT2D eigenvalue weighted by atomic mass is 19.4.